The maximum Gasteiger partial charge on any atom is 0.246 e. The number of rotatable bonds is 7. The molecule has 7 nitrogen and oxygen atoms in total. The van der Waals surface area contributed by atoms with Crippen molar-refractivity contribution in [2.75, 3.05) is 19.8 Å². The number of carbonyl (C=O) groups is 1. The van der Waals surface area contributed by atoms with Gasteiger partial charge in [0.15, 0.2) is 10.8 Å². The normalized spacial score (nSPS) is 17.3. The van der Waals surface area contributed by atoms with E-state index in [4.69, 9.17) is 9.47 Å². The van der Waals surface area contributed by atoms with Crippen molar-refractivity contribution in [3.8, 4) is 10.8 Å². The number of nitrogens with one attached hydrogen (secondary N) is 1. The molecule has 0 saturated carbocycles. The molecule has 1 aliphatic heterocycles. The van der Waals surface area contributed by atoms with Crippen molar-refractivity contribution in [2.45, 2.75) is 25.5 Å². The quantitative estimate of drug-likeness (QED) is 0.824. The lowest BCUT2D eigenvalue weighted by Crippen LogP contribution is -2.28. The summed E-state index contributed by atoms with van der Waals surface area (Å²) in [6.45, 7) is 1.67. The molecule has 1 unspecified atom stereocenters. The van der Waals surface area contributed by atoms with Crippen molar-refractivity contribution in [2.24, 2.45) is 0 Å². The molecule has 122 valence electrons. The third-order valence-electron chi connectivity index (χ3n) is 3.34. The van der Waals surface area contributed by atoms with Gasteiger partial charge >= 0.3 is 0 Å². The van der Waals surface area contributed by atoms with Gasteiger partial charge in [0, 0.05) is 24.4 Å². The summed E-state index contributed by atoms with van der Waals surface area (Å²) in [4.78, 5) is 24.5. The highest BCUT2D eigenvalue weighted by Gasteiger charge is 2.16. The summed E-state index contributed by atoms with van der Waals surface area (Å²) in [6, 6.07) is 1.76. The largest absolute Gasteiger partial charge is 0.376 e. The lowest BCUT2D eigenvalue weighted by molar-refractivity contribution is -0.127. The van der Waals surface area contributed by atoms with Gasteiger partial charge in [0.05, 0.1) is 24.9 Å². The summed E-state index contributed by atoms with van der Waals surface area (Å²) < 4.78 is 10.8. The van der Waals surface area contributed by atoms with Gasteiger partial charge in [0.1, 0.15) is 6.61 Å². The van der Waals surface area contributed by atoms with E-state index in [9.17, 15) is 4.79 Å². The monoisotopic (exact) mass is 334 g/mol. The highest BCUT2D eigenvalue weighted by atomic mass is 32.1. The average molecular weight is 334 g/mol. The molecule has 3 rings (SSSR count). The molecular weight excluding hydrogens is 316 g/mol. The van der Waals surface area contributed by atoms with Crippen LogP contribution in [0.25, 0.3) is 10.8 Å². The maximum absolute atomic E-state index is 11.7. The lowest BCUT2D eigenvalue weighted by atomic mass is 10.2. The Morgan fingerprint density at radius 1 is 1.43 bits per heavy atom. The van der Waals surface area contributed by atoms with Crippen molar-refractivity contribution in [3.63, 3.8) is 0 Å². The topological polar surface area (TPSA) is 86.2 Å². The van der Waals surface area contributed by atoms with Gasteiger partial charge in [-0.3, -0.25) is 4.79 Å². The van der Waals surface area contributed by atoms with E-state index in [2.05, 4.69) is 20.3 Å². The van der Waals surface area contributed by atoms with Gasteiger partial charge in [-0.1, -0.05) is 0 Å². The Morgan fingerprint density at radius 3 is 3.09 bits per heavy atom. The van der Waals surface area contributed by atoms with Crippen LogP contribution in [-0.4, -0.2) is 46.8 Å². The molecule has 8 heteroatoms. The van der Waals surface area contributed by atoms with E-state index in [1.807, 2.05) is 5.38 Å². The Hall–Kier alpha value is -1.90. The molecule has 23 heavy (non-hydrogen) atoms. The van der Waals surface area contributed by atoms with E-state index in [0.717, 1.165) is 30.2 Å². The molecule has 0 aromatic carbocycles. The highest BCUT2D eigenvalue weighted by Crippen LogP contribution is 2.19. The molecule has 2 aromatic heterocycles. The molecule has 0 aliphatic carbocycles. The molecular formula is C15H18N4O3S. The summed E-state index contributed by atoms with van der Waals surface area (Å²) in [7, 11) is 0. The predicted octanol–water partition coefficient (Wildman–Crippen LogP) is 1.41. The first kappa shape index (κ1) is 16.0. The Labute approximate surface area is 138 Å². The van der Waals surface area contributed by atoms with Crippen LogP contribution in [0.1, 0.15) is 18.5 Å². The van der Waals surface area contributed by atoms with Crippen LogP contribution in [0, 0.1) is 0 Å². The standard InChI is InChI=1S/C15H18N4O3S/c20-13(9-21-8-12-3-1-6-22-12)18-7-11-10-23-15(19-11)14-16-4-2-5-17-14/h2,4-5,10,12H,1,3,6-9H2,(H,18,20). The first-order chi connectivity index (χ1) is 11.3. The number of amides is 1. The minimum Gasteiger partial charge on any atom is -0.376 e. The van der Waals surface area contributed by atoms with Crippen LogP contribution >= 0.6 is 11.3 Å². The molecule has 1 saturated heterocycles. The third kappa shape index (κ3) is 4.78. The summed E-state index contributed by atoms with van der Waals surface area (Å²) in [5, 5.41) is 5.42. The highest BCUT2D eigenvalue weighted by molar-refractivity contribution is 7.13. The second-order valence-electron chi connectivity index (χ2n) is 5.14. The van der Waals surface area contributed by atoms with E-state index in [1.165, 1.54) is 11.3 Å². The second-order valence-corrected chi connectivity index (χ2v) is 6.00. The number of hydrogen-bond donors (Lipinski definition) is 1. The minimum atomic E-state index is -0.159. The summed E-state index contributed by atoms with van der Waals surface area (Å²) >= 11 is 1.45. The molecule has 0 radical (unpaired) electrons. The molecule has 1 aliphatic rings. The number of aromatic nitrogens is 3. The molecule has 2 aromatic rings. The van der Waals surface area contributed by atoms with Gasteiger partial charge in [0.25, 0.3) is 0 Å². The third-order valence-corrected chi connectivity index (χ3v) is 4.22. The number of nitrogens with zero attached hydrogens (tertiary/aromatic N) is 3. The van der Waals surface area contributed by atoms with Gasteiger partial charge in [-0.2, -0.15) is 0 Å². The molecule has 1 atom stereocenters. The van der Waals surface area contributed by atoms with Crippen LogP contribution in [0.15, 0.2) is 23.8 Å². The molecule has 1 N–H and O–H groups in total. The SMILES string of the molecule is O=C(COCC1CCCO1)NCc1csc(-c2ncccn2)n1. The van der Waals surface area contributed by atoms with Gasteiger partial charge in [-0.25, -0.2) is 15.0 Å². The molecule has 0 bridgehead atoms. The van der Waals surface area contributed by atoms with Crippen molar-refractivity contribution in [1.29, 1.82) is 0 Å². The Morgan fingerprint density at radius 2 is 2.30 bits per heavy atom. The molecule has 1 amide bonds. The lowest BCUT2D eigenvalue weighted by Gasteiger charge is -2.09. The smallest absolute Gasteiger partial charge is 0.246 e. The number of carbonyl (C=O) groups excluding carboxylic acids is 1. The second kappa shape index (κ2) is 8.09. The van der Waals surface area contributed by atoms with Crippen LogP contribution < -0.4 is 5.32 Å². The van der Waals surface area contributed by atoms with Crippen molar-refractivity contribution < 1.29 is 14.3 Å². The van der Waals surface area contributed by atoms with Crippen molar-refractivity contribution in [1.82, 2.24) is 20.3 Å². The first-order valence-corrected chi connectivity index (χ1v) is 8.37. The summed E-state index contributed by atoms with van der Waals surface area (Å²) in [5.74, 6) is 0.434. The summed E-state index contributed by atoms with van der Waals surface area (Å²) in [6.07, 6.45) is 5.56. The van der Waals surface area contributed by atoms with Gasteiger partial charge in [0.2, 0.25) is 5.91 Å². The summed E-state index contributed by atoms with van der Waals surface area (Å²) in [5.41, 5.74) is 0.782. The Kier molecular flexibility index (Phi) is 5.62. The molecule has 0 spiro atoms. The van der Waals surface area contributed by atoms with E-state index in [-0.39, 0.29) is 18.6 Å². The van der Waals surface area contributed by atoms with E-state index in [0.29, 0.717) is 19.0 Å². The average Bonchev–Trinajstić information content (AvgIpc) is 3.25. The fourth-order valence-corrected chi connectivity index (χ4v) is 2.96. The van der Waals surface area contributed by atoms with Gasteiger partial charge < -0.3 is 14.8 Å². The number of ether oxygens (including phenoxy) is 2. The fourth-order valence-electron chi connectivity index (χ4n) is 2.20. The van der Waals surface area contributed by atoms with Crippen LogP contribution in [0.3, 0.4) is 0 Å². The molecule has 3 heterocycles. The zero-order valence-electron chi connectivity index (χ0n) is 12.6. The first-order valence-electron chi connectivity index (χ1n) is 7.49. The Bertz CT molecular complexity index is 629. The van der Waals surface area contributed by atoms with E-state index < -0.39 is 0 Å². The minimum absolute atomic E-state index is 0.0403. The number of thiazole rings is 1. The van der Waals surface area contributed by atoms with Gasteiger partial charge in [-0.05, 0) is 18.9 Å². The van der Waals surface area contributed by atoms with E-state index in [1.54, 1.807) is 18.5 Å². The number of hydrogen-bond acceptors (Lipinski definition) is 7. The van der Waals surface area contributed by atoms with Crippen LogP contribution in [-0.2, 0) is 20.8 Å². The van der Waals surface area contributed by atoms with Crippen LogP contribution in [0.5, 0.6) is 0 Å². The molecule has 1 fully saturated rings. The van der Waals surface area contributed by atoms with Crippen molar-refractivity contribution >= 4 is 17.2 Å². The zero-order valence-corrected chi connectivity index (χ0v) is 13.4. The zero-order chi connectivity index (χ0) is 15.9. The maximum atomic E-state index is 11.7. The fraction of sp³-hybridized carbons (Fsp3) is 0.467. The van der Waals surface area contributed by atoms with Crippen LogP contribution in [0.2, 0.25) is 0 Å². The van der Waals surface area contributed by atoms with Crippen molar-refractivity contribution in [3.05, 3.63) is 29.5 Å². The van der Waals surface area contributed by atoms with E-state index >= 15 is 0 Å². The van der Waals surface area contributed by atoms with Gasteiger partial charge in [-0.15, -0.1) is 11.3 Å². The van der Waals surface area contributed by atoms with Crippen LogP contribution in [0.4, 0.5) is 0 Å². The Balaban J connectivity index is 1.40. The predicted molar refractivity (Wildman–Crippen MR) is 84.8 cm³/mol.